The summed E-state index contributed by atoms with van der Waals surface area (Å²) in [5, 5.41) is 18.2. The Morgan fingerprint density at radius 1 is 0.833 bits per heavy atom. The van der Waals surface area contributed by atoms with Gasteiger partial charge in [-0.3, -0.25) is 14.5 Å². The lowest BCUT2D eigenvalue weighted by Gasteiger charge is -2.39. The molecule has 0 aliphatic carbocycles. The van der Waals surface area contributed by atoms with E-state index in [1.165, 1.54) is 4.90 Å². The summed E-state index contributed by atoms with van der Waals surface area (Å²) in [5.74, 6) is -0.990. The Hall–Kier alpha value is -3.79. The van der Waals surface area contributed by atoms with Gasteiger partial charge in [0.15, 0.2) is 0 Å². The first kappa shape index (κ1) is 41.4. The number of rotatable bonds is 16. The Morgan fingerprint density at radius 3 is 1.93 bits per heavy atom. The number of benzene rings is 4. The number of aliphatic hydroxyl groups excluding tert-OH is 1. The van der Waals surface area contributed by atoms with Crippen LogP contribution in [0.5, 0.6) is 0 Å². The zero-order chi connectivity index (χ0) is 38.8. The van der Waals surface area contributed by atoms with E-state index in [0.717, 1.165) is 11.1 Å². The minimum absolute atomic E-state index is 0.0504. The number of hydrogen-bond acceptors (Lipinski definition) is 5. The van der Waals surface area contributed by atoms with Gasteiger partial charge < -0.3 is 20.5 Å². The lowest BCUT2D eigenvalue weighted by molar-refractivity contribution is -0.129. The van der Waals surface area contributed by atoms with Crippen molar-refractivity contribution in [2.75, 3.05) is 13.2 Å². The summed E-state index contributed by atoms with van der Waals surface area (Å²) in [4.78, 5) is 43.7. The van der Waals surface area contributed by atoms with Gasteiger partial charge >= 0.3 is 6.09 Å². The van der Waals surface area contributed by atoms with Gasteiger partial charge in [-0.1, -0.05) is 109 Å². The van der Waals surface area contributed by atoms with Crippen molar-refractivity contribution in [3.8, 4) is 0 Å². The molecule has 3 amide bonds. The number of aliphatic hydroxyl groups is 1. The molecule has 1 saturated heterocycles. The fourth-order valence-electron chi connectivity index (χ4n) is 6.93. The van der Waals surface area contributed by atoms with Crippen LogP contribution in [0.3, 0.4) is 0 Å². The number of ether oxygens (including phenoxy) is 1. The second-order valence-electron chi connectivity index (χ2n) is 14.1. The lowest BCUT2D eigenvalue weighted by atomic mass is 9.93. The molecule has 1 heterocycles. The second-order valence-corrected chi connectivity index (χ2v) is 15.9. The third-order valence-corrected chi connectivity index (χ3v) is 10.4. The Kier molecular flexibility index (Phi) is 15.1. The van der Waals surface area contributed by atoms with Crippen LogP contribution in [0, 0.1) is 11.8 Å². The van der Waals surface area contributed by atoms with E-state index >= 15 is 4.79 Å². The predicted octanol–water partition coefficient (Wildman–Crippen LogP) is 9.42. The second kappa shape index (κ2) is 19.7. The van der Waals surface area contributed by atoms with Crippen LogP contribution in [-0.4, -0.2) is 53.1 Å². The van der Waals surface area contributed by atoms with Crippen molar-refractivity contribution in [2.45, 2.75) is 70.2 Å². The molecule has 3 N–H and O–H groups in total. The third kappa shape index (κ3) is 11.6. The molecule has 0 saturated carbocycles. The normalized spacial score (nSPS) is 16.3. The van der Waals surface area contributed by atoms with Crippen LogP contribution in [-0.2, 0) is 27.2 Å². The van der Waals surface area contributed by atoms with Crippen molar-refractivity contribution >= 4 is 64.3 Å². The molecule has 286 valence electrons. The fraction of sp³-hybridized carbons (Fsp3) is 0.357. The lowest BCUT2D eigenvalue weighted by Crippen LogP contribution is -2.55. The summed E-state index contributed by atoms with van der Waals surface area (Å²) >= 11 is 25.8. The molecule has 1 aliphatic rings. The van der Waals surface area contributed by atoms with Gasteiger partial charge in [-0.25, -0.2) is 4.79 Å². The first-order valence-corrected chi connectivity index (χ1v) is 19.6. The maximum absolute atomic E-state index is 15.1. The number of nitrogens with zero attached hydrogens (tertiary/aromatic N) is 1. The van der Waals surface area contributed by atoms with Gasteiger partial charge in [-0.05, 0) is 102 Å². The highest BCUT2D eigenvalue weighted by Crippen LogP contribution is 2.35. The number of carbonyl (C=O) groups is 3. The molecular weight excluding hydrogens is 768 g/mol. The molecule has 5 atom stereocenters. The van der Waals surface area contributed by atoms with Gasteiger partial charge in [0.05, 0.1) is 18.7 Å². The average Bonchev–Trinajstić information content (AvgIpc) is 3.53. The summed E-state index contributed by atoms with van der Waals surface area (Å²) in [7, 11) is 0. The van der Waals surface area contributed by atoms with Crippen LogP contribution in [0.4, 0.5) is 4.79 Å². The van der Waals surface area contributed by atoms with Gasteiger partial charge in [0.1, 0.15) is 12.1 Å². The summed E-state index contributed by atoms with van der Waals surface area (Å²) in [6, 6.07) is 26.4. The number of halogens is 4. The SMILES string of the molecule is CC(C)C[C@@H](C(=O)N[C@H](CO)C[C@@H]1CCNC1=O)N(C(=O)OC(Cc1cccc(Cl)c1)c1cccc(Cl)c1)C(Cc1cccc(Cl)c1)c1cccc(Cl)c1. The summed E-state index contributed by atoms with van der Waals surface area (Å²) in [6.07, 6.45) is 0.0817. The third-order valence-electron chi connectivity index (χ3n) is 9.50. The van der Waals surface area contributed by atoms with E-state index in [0.29, 0.717) is 44.2 Å². The molecule has 5 rings (SSSR count). The minimum Gasteiger partial charge on any atom is -0.441 e. The van der Waals surface area contributed by atoms with E-state index in [1.54, 1.807) is 48.5 Å². The fourth-order valence-corrected chi connectivity index (χ4v) is 7.75. The van der Waals surface area contributed by atoms with Crippen molar-refractivity contribution in [3.05, 3.63) is 139 Å². The van der Waals surface area contributed by atoms with Gasteiger partial charge in [0.2, 0.25) is 11.8 Å². The van der Waals surface area contributed by atoms with E-state index in [1.807, 2.05) is 62.4 Å². The first-order chi connectivity index (χ1) is 25.9. The van der Waals surface area contributed by atoms with E-state index < -0.39 is 36.2 Å². The Balaban J connectivity index is 1.61. The Labute approximate surface area is 337 Å². The van der Waals surface area contributed by atoms with E-state index in [-0.39, 0.29) is 50.0 Å². The highest BCUT2D eigenvalue weighted by atomic mass is 35.5. The molecule has 4 aromatic carbocycles. The topological polar surface area (TPSA) is 108 Å². The standard InChI is InChI=1S/C42H45Cl4N3O5/c1-26(2)17-38(41(52)48-36(25-50)24-31-15-16-47-40(31)51)49(37(29-9-5-13-34(45)22-29)20-27-7-3-11-32(43)18-27)42(53)54-39(30-10-6-14-35(46)23-30)21-28-8-4-12-33(44)19-28/h3-14,18-19,22-23,26,31,36-39,50H,15-17,20-21,24-25H2,1-2H3,(H,47,51)(H,48,52)/t31-,36-,37?,38-,39?/m0/s1. The molecule has 4 aromatic rings. The monoisotopic (exact) mass is 811 g/mol. The van der Waals surface area contributed by atoms with Crippen molar-refractivity contribution < 1.29 is 24.2 Å². The molecule has 0 bridgehead atoms. The van der Waals surface area contributed by atoms with E-state index in [2.05, 4.69) is 10.6 Å². The molecule has 8 nitrogen and oxygen atoms in total. The zero-order valence-corrected chi connectivity index (χ0v) is 33.2. The molecule has 1 fully saturated rings. The van der Waals surface area contributed by atoms with Gasteiger partial charge in [0, 0.05) is 39.0 Å². The van der Waals surface area contributed by atoms with E-state index in [4.69, 9.17) is 51.1 Å². The van der Waals surface area contributed by atoms with Crippen molar-refractivity contribution in [1.82, 2.24) is 15.5 Å². The largest absolute Gasteiger partial charge is 0.441 e. The molecule has 54 heavy (non-hydrogen) atoms. The quantitative estimate of drug-likeness (QED) is 0.105. The van der Waals surface area contributed by atoms with Crippen molar-refractivity contribution in [1.29, 1.82) is 0 Å². The van der Waals surface area contributed by atoms with Crippen LogP contribution in [0.25, 0.3) is 0 Å². The number of hydrogen-bond donors (Lipinski definition) is 3. The number of carbonyl (C=O) groups excluding carboxylic acids is 3. The van der Waals surface area contributed by atoms with Crippen LogP contribution in [0.1, 0.15) is 67.5 Å². The first-order valence-electron chi connectivity index (χ1n) is 18.1. The molecule has 1 aliphatic heterocycles. The number of amides is 3. The predicted molar refractivity (Wildman–Crippen MR) is 215 cm³/mol. The van der Waals surface area contributed by atoms with Crippen molar-refractivity contribution in [3.63, 3.8) is 0 Å². The van der Waals surface area contributed by atoms with Crippen molar-refractivity contribution in [2.24, 2.45) is 11.8 Å². The van der Waals surface area contributed by atoms with Gasteiger partial charge in [0.25, 0.3) is 0 Å². The molecule has 2 unspecified atom stereocenters. The Bertz CT molecular complexity index is 1910. The van der Waals surface area contributed by atoms with E-state index in [9.17, 15) is 14.7 Å². The minimum atomic E-state index is -1.07. The van der Waals surface area contributed by atoms with Crippen LogP contribution < -0.4 is 10.6 Å². The van der Waals surface area contributed by atoms with Crippen LogP contribution in [0.2, 0.25) is 20.1 Å². The van der Waals surface area contributed by atoms with Gasteiger partial charge in [-0.15, -0.1) is 0 Å². The Morgan fingerprint density at radius 2 is 1.39 bits per heavy atom. The zero-order valence-electron chi connectivity index (χ0n) is 30.2. The molecular formula is C42H45Cl4N3O5. The number of nitrogens with one attached hydrogen (secondary N) is 2. The molecule has 0 aromatic heterocycles. The smallest absolute Gasteiger partial charge is 0.411 e. The maximum atomic E-state index is 15.1. The molecule has 12 heteroatoms. The van der Waals surface area contributed by atoms with Crippen LogP contribution >= 0.6 is 46.4 Å². The highest BCUT2D eigenvalue weighted by molar-refractivity contribution is 6.31. The average molecular weight is 814 g/mol. The van der Waals surface area contributed by atoms with Crippen LogP contribution in [0.15, 0.2) is 97.1 Å². The molecule has 0 spiro atoms. The highest BCUT2D eigenvalue weighted by Gasteiger charge is 2.40. The summed E-state index contributed by atoms with van der Waals surface area (Å²) in [5.41, 5.74) is 2.98. The summed E-state index contributed by atoms with van der Waals surface area (Å²) in [6.45, 7) is 4.09. The van der Waals surface area contributed by atoms with Gasteiger partial charge in [-0.2, -0.15) is 0 Å². The summed E-state index contributed by atoms with van der Waals surface area (Å²) < 4.78 is 6.50. The maximum Gasteiger partial charge on any atom is 0.411 e. The molecule has 0 radical (unpaired) electrons.